The van der Waals surface area contributed by atoms with Crippen LogP contribution in [0.1, 0.15) is 22.3 Å². The van der Waals surface area contributed by atoms with Crippen LogP contribution in [0, 0.1) is 19.7 Å². The van der Waals surface area contributed by atoms with Crippen LogP contribution < -0.4 is 9.62 Å². The van der Waals surface area contributed by atoms with E-state index in [1.165, 1.54) is 36.2 Å². The summed E-state index contributed by atoms with van der Waals surface area (Å²) in [6, 6.07) is 27.2. The molecule has 42 heavy (non-hydrogen) atoms. The predicted octanol–water partition coefficient (Wildman–Crippen LogP) is 5.02. The van der Waals surface area contributed by atoms with Gasteiger partial charge in [-0.25, -0.2) is 12.8 Å². The van der Waals surface area contributed by atoms with Gasteiger partial charge in [-0.05, 0) is 61.4 Å². The number of rotatable bonds is 11. The minimum absolute atomic E-state index is 0.0314. The van der Waals surface area contributed by atoms with Gasteiger partial charge in [-0.1, -0.05) is 77.9 Å². The summed E-state index contributed by atoms with van der Waals surface area (Å²) in [5.74, 6) is -1.42. The highest BCUT2D eigenvalue weighted by molar-refractivity contribution is 7.92. The molecular formula is C33H34FN3O4S. The Kier molecular flexibility index (Phi) is 9.75. The molecule has 0 spiro atoms. The lowest BCUT2D eigenvalue weighted by atomic mass is 10.0. The van der Waals surface area contributed by atoms with Crippen LogP contribution in [-0.2, 0) is 32.6 Å². The van der Waals surface area contributed by atoms with Crippen LogP contribution in [-0.4, -0.2) is 44.8 Å². The van der Waals surface area contributed by atoms with E-state index in [0.29, 0.717) is 11.3 Å². The van der Waals surface area contributed by atoms with E-state index >= 15 is 0 Å². The second-order valence-corrected chi connectivity index (χ2v) is 12.0. The number of nitrogens with one attached hydrogen (secondary N) is 1. The maximum Gasteiger partial charge on any atom is 0.264 e. The van der Waals surface area contributed by atoms with Gasteiger partial charge in [-0.2, -0.15) is 0 Å². The maximum absolute atomic E-state index is 14.2. The Balaban J connectivity index is 1.77. The average Bonchev–Trinajstić information content (AvgIpc) is 2.99. The first kappa shape index (κ1) is 30.5. The highest BCUT2D eigenvalue weighted by atomic mass is 32.2. The van der Waals surface area contributed by atoms with Crippen molar-refractivity contribution in [2.45, 2.75) is 37.8 Å². The SMILES string of the molecule is CNC(=O)[C@@H](Cc1ccccc1)N(Cc1ccc(F)cc1)C(=O)CN(c1ccc(C)cc1)S(=O)(=O)c1ccc(C)cc1. The fourth-order valence-corrected chi connectivity index (χ4v) is 6.00. The van der Waals surface area contributed by atoms with Crippen LogP contribution >= 0.6 is 0 Å². The first-order valence-electron chi connectivity index (χ1n) is 13.5. The lowest BCUT2D eigenvalue weighted by molar-refractivity contribution is -0.139. The van der Waals surface area contributed by atoms with E-state index in [1.807, 2.05) is 44.2 Å². The number of benzene rings is 4. The van der Waals surface area contributed by atoms with Crippen molar-refractivity contribution in [1.82, 2.24) is 10.2 Å². The molecule has 0 unspecified atom stereocenters. The minimum Gasteiger partial charge on any atom is -0.357 e. The molecule has 0 saturated heterocycles. The van der Waals surface area contributed by atoms with Gasteiger partial charge < -0.3 is 10.2 Å². The van der Waals surface area contributed by atoms with E-state index < -0.39 is 40.2 Å². The van der Waals surface area contributed by atoms with Crippen LogP contribution in [0.15, 0.2) is 108 Å². The zero-order valence-electron chi connectivity index (χ0n) is 23.8. The molecule has 0 aliphatic carbocycles. The van der Waals surface area contributed by atoms with Gasteiger partial charge >= 0.3 is 0 Å². The van der Waals surface area contributed by atoms with Crippen molar-refractivity contribution < 1.29 is 22.4 Å². The topological polar surface area (TPSA) is 86.8 Å². The van der Waals surface area contributed by atoms with E-state index in [9.17, 15) is 22.4 Å². The van der Waals surface area contributed by atoms with Gasteiger partial charge in [-0.3, -0.25) is 13.9 Å². The normalized spacial score (nSPS) is 11.9. The molecule has 0 aliphatic rings. The average molecular weight is 588 g/mol. The van der Waals surface area contributed by atoms with Crippen molar-refractivity contribution in [2.75, 3.05) is 17.9 Å². The van der Waals surface area contributed by atoms with Crippen LogP contribution in [0.4, 0.5) is 10.1 Å². The number of sulfonamides is 1. The van der Waals surface area contributed by atoms with Gasteiger partial charge in [0.25, 0.3) is 10.0 Å². The lowest BCUT2D eigenvalue weighted by Crippen LogP contribution is -2.53. The smallest absolute Gasteiger partial charge is 0.264 e. The van der Waals surface area contributed by atoms with Gasteiger partial charge in [0.15, 0.2) is 0 Å². The monoisotopic (exact) mass is 587 g/mol. The molecule has 0 saturated carbocycles. The molecule has 0 heterocycles. The Bertz CT molecular complexity index is 1610. The standard InChI is InChI=1S/C33H34FN3O4S/c1-24-9-17-29(18-10-24)37(42(40,41)30-19-11-25(2)12-20-30)23-32(38)36(22-27-13-15-28(34)16-14-27)31(33(39)35-3)21-26-7-5-4-6-8-26/h4-20,31H,21-23H2,1-3H3,(H,35,39)/t31-/m1/s1. The first-order valence-corrected chi connectivity index (χ1v) is 15.0. The number of carbonyl (C=O) groups is 2. The van der Waals surface area contributed by atoms with Crippen LogP contribution in [0.2, 0.25) is 0 Å². The number of hydrogen-bond donors (Lipinski definition) is 1. The molecular weight excluding hydrogens is 553 g/mol. The molecule has 2 amide bonds. The molecule has 0 bridgehead atoms. The number of likely N-dealkylation sites (N-methyl/N-ethyl adjacent to an activating group) is 1. The Morgan fingerprint density at radius 3 is 1.93 bits per heavy atom. The predicted molar refractivity (Wildman–Crippen MR) is 162 cm³/mol. The quantitative estimate of drug-likeness (QED) is 0.267. The van der Waals surface area contributed by atoms with Crippen molar-refractivity contribution in [3.05, 3.63) is 131 Å². The molecule has 7 nitrogen and oxygen atoms in total. The molecule has 1 N–H and O–H groups in total. The van der Waals surface area contributed by atoms with Crippen LogP contribution in [0.3, 0.4) is 0 Å². The largest absolute Gasteiger partial charge is 0.357 e. The number of anilines is 1. The molecule has 4 rings (SSSR count). The number of hydrogen-bond acceptors (Lipinski definition) is 4. The summed E-state index contributed by atoms with van der Waals surface area (Å²) < 4.78 is 42.7. The second-order valence-electron chi connectivity index (χ2n) is 10.1. The van der Waals surface area contributed by atoms with Gasteiger partial charge in [0.2, 0.25) is 11.8 Å². The first-order chi connectivity index (χ1) is 20.1. The van der Waals surface area contributed by atoms with E-state index in [2.05, 4.69) is 5.32 Å². The van der Waals surface area contributed by atoms with Gasteiger partial charge in [0.1, 0.15) is 18.4 Å². The number of aryl methyl sites for hydroxylation is 2. The summed E-state index contributed by atoms with van der Waals surface area (Å²) in [7, 11) is -2.68. The maximum atomic E-state index is 14.2. The highest BCUT2D eigenvalue weighted by Gasteiger charge is 2.34. The summed E-state index contributed by atoms with van der Waals surface area (Å²) in [5.41, 5.74) is 3.56. The molecule has 1 atom stereocenters. The molecule has 0 aliphatic heterocycles. The van der Waals surface area contributed by atoms with Crippen LogP contribution in [0.5, 0.6) is 0 Å². The third kappa shape index (κ3) is 7.41. The van der Waals surface area contributed by atoms with Crippen molar-refractivity contribution in [3.8, 4) is 0 Å². The molecule has 0 radical (unpaired) electrons. The molecule has 0 aromatic heterocycles. The summed E-state index contributed by atoms with van der Waals surface area (Å²) in [4.78, 5) is 28.9. The lowest BCUT2D eigenvalue weighted by Gasteiger charge is -2.33. The Morgan fingerprint density at radius 2 is 1.36 bits per heavy atom. The third-order valence-electron chi connectivity index (χ3n) is 6.99. The summed E-state index contributed by atoms with van der Waals surface area (Å²) >= 11 is 0. The number of halogens is 1. The summed E-state index contributed by atoms with van der Waals surface area (Å²) in [6.07, 6.45) is 0.197. The van der Waals surface area contributed by atoms with Crippen molar-refractivity contribution in [1.29, 1.82) is 0 Å². The Hall–Kier alpha value is -4.50. The van der Waals surface area contributed by atoms with E-state index in [0.717, 1.165) is 21.0 Å². The molecule has 218 valence electrons. The minimum atomic E-state index is -4.17. The van der Waals surface area contributed by atoms with Gasteiger partial charge in [-0.15, -0.1) is 0 Å². The van der Waals surface area contributed by atoms with Crippen molar-refractivity contribution in [2.24, 2.45) is 0 Å². The summed E-state index contributed by atoms with van der Waals surface area (Å²) in [6.45, 7) is 3.16. The van der Waals surface area contributed by atoms with E-state index in [1.54, 1.807) is 48.5 Å². The zero-order valence-corrected chi connectivity index (χ0v) is 24.6. The van der Waals surface area contributed by atoms with E-state index in [4.69, 9.17) is 0 Å². The Morgan fingerprint density at radius 1 is 0.786 bits per heavy atom. The molecule has 4 aromatic carbocycles. The third-order valence-corrected chi connectivity index (χ3v) is 8.78. The zero-order chi connectivity index (χ0) is 30.3. The van der Waals surface area contributed by atoms with E-state index in [-0.39, 0.29) is 17.9 Å². The van der Waals surface area contributed by atoms with Crippen LogP contribution in [0.25, 0.3) is 0 Å². The molecule has 0 fully saturated rings. The fraction of sp³-hybridized carbons (Fsp3) is 0.212. The van der Waals surface area contributed by atoms with Crippen molar-refractivity contribution >= 4 is 27.5 Å². The molecule has 9 heteroatoms. The fourth-order valence-electron chi connectivity index (χ4n) is 4.58. The number of carbonyl (C=O) groups excluding carboxylic acids is 2. The Labute approximate surface area is 246 Å². The molecule has 4 aromatic rings. The van der Waals surface area contributed by atoms with Crippen molar-refractivity contribution in [3.63, 3.8) is 0 Å². The number of nitrogens with zero attached hydrogens (tertiary/aromatic N) is 2. The van der Waals surface area contributed by atoms with Gasteiger partial charge in [0, 0.05) is 20.0 Å². The van der Waals surface area contributed by atoms with Gasteiger partial charge in [0.05, 0.1) is 10.6 Å². The second kappa shape index (κ2) is 13.4. The number of amides is 2. The summed E-state index contributed by atoms with van der Waals surface area (Å²) in [5, 5.41) is 2.64. The highest BCUT2D eigenvalue weighted by Crippen LogP contribution is 2.26.